The maximum atomic E-state index is 13.9. The molecular weight excluding hydrogens is 303 g/mol. The molecular formula is C15H17FN4O3. The maximum Gasteiger partial charge on any atom is 0.319 e. The minimum Gasteiger partial charge on any atom is -0.495 e. The molecule has 0 bridgehead atoms. The molecule has 23 heavy (non-hydrogen) atoms. The summed E-state index contributed by atoms with van der Waals surface area (Å²) in [6.45, 7) is 0.653. The van der Waals surface area contributed by atoms with Crippen molar-refractivity contribution in [2.24, 2.45) is 0 Å². The molecule has 2 N–H and O–H groups in total. The Hall–Kier alpha value is -2.82. The van der Waals surface area contributed by atoms with Crippen molar-refractivity contribution in [2.75, 3.05) is 26.0 Å². The zero-order valence-electron chi connectivity index (χ0n) is 12.9. The predicted molar refractivity (Wildman–Crippen MR) is 80.5 cm³/mol. The van der Waals surface area contributed by atoms with Gasteiger partial charge in [0.25, 0.3) is 0 Å². The van der Waals surface area contributed by atoms with Gasteiger partial charge >= 0.3 is 6.03 Å². The van der Waals surface area contributed by atoms with E-state index in [0.29, 0.717) is 13.0 Å². The highest BCUT2D eigenvalue weighted by molar-refractivity contribution is 5.94. The SMILES string of the molecule is COc1cc(NC(=O)NC2CCCN(C)C2=O)c(F)cc1C#N. The number of piperidine rings is 1. The number of nitrogens with one attached hydrogen (secondary N) is 2. The third-order valence-corrected chi connectivity index (χ3v) is 3.62. The first-order valence-corrected chi connectivity index (χ1v) is 7.06. The van der Waals surface area contributed by atoms with E-state index in [0.717, 1.165) is 12.5 Å². The summed E-state index contributed by atoms with van der Waals surface area (Å²) >= 11 is 0. The summed E-state index contributed by atoms with van der Waals surface area (Å²) < 4.78 is 18.9. The van der Waals surface area contributed by atoms with Crippen LogP contribution < -0.4 is 15.4 Å². The van der Waals surface area contributed by atoms with Gasteiger partial charge in [-0.05, 0) is 18.9 Å². The topological polar surface area (TPSA) is 94.5 Å². The highest BCUT2D eigenvalue weighted by Gasteiger charge is 2.27. The molecule has 1 unspecified atom stereocenters. The van der Waals surface area contributed by atoms with Crippen molar-refractivity contribution in [3.63, 3.8) is 0 Å². The number of carbonyl (C=O) groups is 2. The van der Waals surface area contributed by atoms with Crippen LogP contribution in [0, 0.1) is 17.1 Å². The van der Waals surface area contributed by atoms with Crippen molar-refractivity contribution >= 4 is 17.6 Å². The van der Waals surface area contributed by atoms with E-state index >= 15 is 0 Å². The van der Waals surface area contributed by atoms with Crippen LogP contribution in [0.15, 0.2) is 12.1 Å². The van der Waals surface area contributed by atoms with Gasteiger partial charge in [-0.1, -0.05) is 0 Å². The van der Waals surface area contributed by atoms with E-state index in [9.17, 15) is 14.0 Å². The summed E-state index contributed by atoms with van der Waals surface area (Å²) in [6.07, 6.45) is 1.32. The average molecular weight is 320 g/mol. The van der Waals surface area contributed by atoms with Crippen LogP contribution in [0.25, 0.3) is 0 Å². The van der Waals surface area contributed by atoms with E-state index < -0.39 is 17.9 Å². The Bertz CT molecular complexity index is 671. The van der Waals surface area contributed by atoms with Crippen molar-refractivity contribution in [3.8, 4) is 11.8 Å². The lowest BCUT2D eigenvalue weighted by atomic mass is 10.1. The fraction of sp³-hybridized carbons (Fsp3) is 0.400. The van der Waals surface area contributed by atoms with Crippen molar-refractivity contribution in [1.29, 1.82) is 5.26 Å². The minimum atomic E-state index is -0.760. The number of likely N-dealkylation sites (N-methyl/N-ethyl adjacent to an activating group) is 1. The summed E-state index contributed by atoms with van der Waals surface area (Å²) in [5.74, 6) is -0.786. The summed E-state index contributed by atoms with van der Waals surface area (Å²) in [5.41, 5.74) is -0.102. The first-order chi connectivity index (χ1) is 11.0. The molecule has 1 aromatic carbocycles. The molecule has 7 nitrogen and oxygen atoms in total. The number of hydrogen-bond acceptors (Lipinski definition) is 4. The molecule has 0 spiro atoms. The van der Waals surface area contributed by atoms with E-state index in [1.54, 1.807) is 18.0 Å². The molecule has 1 aliphatic heterocycles. The number of nitriles is 1. The molecule has 1 heterocycles. The zero-order valence-corrected chi connectivity index (χ0v) is 12.9. The average Bonchev–Trinajstić information content (AvgIpc) is 2.53. The molecule has 2 rings (SSSR count). The van der Waals surface area contributed by atoms with E-state index in [1.165, 1.54) is 13.2 Å². The molecule has 8 heteroatoms. The van der Waals surface area contributed by atoms with Crippen molar-refractivity contribution in [2.45, 2.75) is 18.9 Å². The van der Waals surface area contributed by atoms with Gasteiger partial charge < -0.3 is 20.3 Å². The van der Waals surface area contributed by atoms with Gasteiger partial charge in [0, 0.05) is 19.7 Å². The standard InChI is InChI=1S/C15H17FN4O3/c1-20-5-3-4-11(14(20)21)18-15(22)19-12-7-13(23-2)9(8-17)6-10(12)16/h6-7,11H,3-5H2,1-2H3,(H2,18,19,22). The third kappa shape index (κ3) is 3.69. The summed E-state index contributed by atoms with van der Waals surface area (Å²) in [6, 6.07) is 2.69. The lowest BCUT2D eigenvalue weighted by Crippen LogP contribution is -2.51. The van der Waals surface area contributed by atoms with Gasteiger partial charge in [0.15, 0.2) is 0 Å². The van der Waals surface area contributed by atoms with Crippen LogP contribution in [0.2, 0.25) is 0 Å². The number of methoxy groups -OCH3 is 1. The van der Waals surface area contributed by atoms with Gasteiger partial charge in [0.2, 0.25) is 5.91 Å². The van der Waals surface area contributed by atoms with Gasteiger partial charge in [0.1, 0.15) is 23.7 Å². The second kappa shape index (κ2) is 6.96. The van der Waals surface area contributed by atoms with Gasteiger partial charge in [-0.3, -0.25) is 4.79 Å². The number of hydrogen-bond donors (Lipinski definition) is 2. The molecule has 1 aromatic rings. The fourth-order valence-corrected chi connectivity index (χ4v) is 2.39. The zero-order chi connectivity index (χ0) is 17.0. The van der Waals surface area contributed by atoms with Crippen LogP contribution >= 0.6 is 0 Å². The Morgan fingerprint density at radius 2 is 2.26 bits per heavy atom. The van der Waals surface area contributed by atoms with Crippen molar-refractivity contribution < 1.29 is 18.7 Å². The third-order valence-electron chi connectivity index (χ3n) is 3.62. The molecule has 122 valence electrons. The monoisotopic (exact) mass is 320 g/mol. The molecule has 0 aromatic heterocycles. The quantitative estimate of drug-likeness (QED) is 0.881. The Balaban J connectivity index is 2.08. The number of likely N-dealkylation sites (tertiary alicyclic amines) is 1. The van der Waals surface area contributed by atoms with Gasteiger partial charge in [-0.15, -0.1) is 0 Å². The second-order valence-corrected chi connectivity index (χ2v) is 5.20. The highest BCUT2D eigenvalue weighted by atomic mass is 19.1. The largest absolute Gasteiger partial charge is 0.495 e. The van der Waals surface area contributed by atoms with E-state index in [-0.39, 0.29) is 22.9 Å². The smallest absolute Gasteiger partial charge is 0.319 e. The highest BCUT2D eigenvalue weighted by Crippen LogP contribution is 2.25. The fourth-order valence-electron chi connectivity index (χ4n) is 2.39. The summed E-state index contributed by atoms with van der Waals surface area (Å²) in [4.78, 5) is 25.4. The Morgan fingerprint density at radius 3 is 2.91 bits per heavy atom. The van der Waals surface area contributed by atoms with Crippen LogP contribution in [0.3, 0.4) is 0 Å². The number of rotatable bonds is 3. The Morgan fingerprint density at radius 1 is 1.52 bits per heavy atom. The van der Waals surface area contributed by atoms with E-state index in [1.807, 2.05) is 0 Å². The molecule has 1 atom stereocenters. The second-order valence-electron chi connectivity index (χ2n) is 5.20. The number of carbonyl (C=O) groups excluding carboxylic acids is 2. The first kappa shape index (κ1) is 16.5. The van der Waals surface area contributed by atoms with Gasteiger partial charge in [-0.25, -0.2) is 9.18 Å². The number of urea groups is 1. The van der Waals surface area contributed by atoms with Crippen molar-refractivity contribution in [1.82, 2.24) is 10.2 Å². The number of halogens is 1. The van der Waals surface area contributed by atoms with E-state index in [2.05, 4.69) is 10.6 Å². The van der Waals surface area contributed by atoms with Crippen LogP contribution in [0.4, 0.5) is 14.9 Å². The van der Waals surface area contributed by atoms with Gasteiger partial charge in [0.05, 0.1) is 18.4 Å². The van der Waals surface area contributed by atoms with Crippen LogP contribution in [-0.4, -0.2) is 43.6 Å². The lowest BCUT2D eigenvalue weighted by Gasteiger charge is -2.29. The molecule has 1 saturated heterocycles. The number of amides is 3. The molecule has 1 fully saturated rings. The number of anilines is 1. The van der Waals surface area contributed by atoms with E-state index in [4.69, 9.17) is 10.00 Å². The van der Waals surface area contributed by atoms with Crippen LogP contribution in [0.5, 0.6) is 5.75 Å². The van der Waals surface area contributed by atoms with Crippen molar-refractivity contribution in [3.05, 3.63) is 23.5 Å². The molecule has 0 saturated carbocycles. The van der Waals surface area contributed by atoms with Crippen LogP contribution in [-0.2, 0) is 4.79 Å². The molecule has 0 aliphatic carbocycles. The maximum absolute atomic E-state index is 13.9. The molecule has 1 aliphatic rings. The predicted octanol–water partition coefficient (Wildman–Crippen LogP) is 1.45. The molecule has 0 radical (unpaired) electrons. The minimum absolute atomic E-state index is 0.0278. The first-order valence-electron chi connectivity index (χ1n) is 7.06. The van der Waals surface area contributed by atoms with Gasteiger partial charge in [-0.2, -0.15) is 5.26 Å². The summed E-state index contributed by atoms with van der Waals surface area (Å²) in [7, 11) is 3.01. The normalized spacial score (nSPS) is 17.4. The number of ether oxygens (including phenoxy) is 1. The number of nitrogens with zero attached hydrogens (tertiary/aromatic N) is 2. The summed E-state index contributed by atoms with van der Waals surface area (Å²) in [5, 5.41) is 13.7. The molecule has 3 amide bonds. The number of benzene rings is 1. The lowest BCUT2D eigenvalue weighted by molar-refractivity contribution is -0.134. The Kier molecular flexibility index (Phi) is 5.01. The Labute approximate surface area is 133 Å². The van der Waals surface area contributed by atoms with Crippen LogP contribution in [0.1, 0.15) is 18.4 Å².